The second kappa shape index (κ2) is 3.48. The quantitative estimate of drug-likeness (QED) is 0.553. The van der Waals surface area contributed by atoms with Crippen LogP contribution in [0.4, 0.5) is 0 Å². The Morgan fingerprint density at radius 2 is 2.64 bits per heavy atom. The summed E-state index contributed by atoms with van der Waals surface area (Å²) in [4.78, 5) is 10.9. The molecule has 0 amide bonds. The lowest BCUT2D eigenvalue weighted by atomic mass is 10.1. The van der Waals surface area contributed by atoms with Gasteiger partial charge in [-0.3, -0.25) is 4.79 Å². The third kappa shape index (κ3) is 2.01. The van der Waals surface area contributed by atoms with Crippen molar-refractivity contribution in [2.45, 2.75) is 6.42 Å². The van der Waals surface area contributed by atoms with E-state index in [1.165, 1.54) is 13.3 Å². The van der Waals surface area contributed by atoms with Crippen molar-refractivity contribution >= 4 is 29.0 Å². The van der Waals surface area contributed by atoms with E-state index in [0.717, 1.165) is 0 Å². The first-order valence-corrected chi connectivity index (χ1v) is 3.45. The van der Waals surface area contributed by atoms with E-state index in [1.54, 1.807) is 0 Å². The van der Waals surface area contributed by atoms with Gasteiger partial charge in [0.2, 0.25) is 0 Å². The topological polar surface area (TPSA) is 51.0 Å². The van der Waals surface area contributed by atoms with Gasteiger partial charge in [-0.2, -0.15) is 5.10 Å². The number of carbonyl (C=O) groups excluding carboxylic acids is 1. The molecule has 1 unspecified atom stereocenters. The van der Waals surface area contributed by atoms with E-state index in [4.69, 9.17) is 11.6 Å². The zero-order valence-corrected chi connectivity index (χ0v) is 6.71. The van der Waals surface area contributed by atoms with Gasteiger partial charge in [0, 0.05) is 12.6 Å². The van der Waals surface area contributed by atoms with Crippen molar-refractivity contribution < 1.29 is 9.53 Å². The molecule has 5 heteroatoms. The number of halogens is 1. The van der Waals surface area contributed by atoms with Crippen LogP contribution in [0.25, 0.3) is 0 Å². The molecule has 0 saturated carbocycles. The molecule has 1 atom stereocenters. The van der Waals surface area contributed by atoms with Crippen molar-refractivity contribution in [1.29, 1.82) is 0 Å². The van der Waals surface area contributed by atoms with Crippen LogP contribution in [0, 0.1) is 5.92 Å². The van der Waals surface area contributed by atoms with Gasteiger partial charge in [0.25, 0.3) is 0 Å². The molecule has 1 heterocycles. The molecule has 60 valence electrons. The summed E-state index contributed by atoms with van der Waals surface area (Å²) in [5.74, 6) is -0.702. The fraction of sp³-hybridized carbons (Fsp3) is 0.500. The highest BCUT2D eigenvalue weighted by Gasteiger charge is 2.20. The van der Waals surface area contributed by atoms with Crippen LogP contribution in [0.3, 0.4) is 0 Å². The Morgan fingerprint density at radius 1 is 1.91 bits per heavy atom. The maximum Gasteiger partial charge on any atom is 0.314 e. The summed E-state index contributed by atoms with van der Waals surface area (Å²) in [6.45, 7) is 0. The lowest BCUT2D eigenvalue weighted by Crippen LogP contribution is -2.21. The number of nitrogens with zero attached hydrogens (tertiary/aromatic N) is 2. The van der Waals surface area contributed by atoms with Crippen LogP contribution in [-0.2, 0) is 9.53 Å². The molecular weight excluding hydrogens is 168 g/mol. The summed E-state index contributed by atoms with van der Waals surface area (Å²) in [7, 11) is 1.33. The van der Waals surface area contributed by atoms with E-state index >= 15 is 0 Å². The zero-order chi connectivity index (χ0) is 8.27. The number of hydrogen-bond acceptors (Lipinski definition) is 4. The molecule has 11 heavy (non-hydrogen) atoms. The SMILES string of the molecule is COC(=O)C1C=NN=C(Cl)C1. The van der Waals surface area contributed by atoms with Crippen molar-refractivity contribution in [3.8, 4) is 0 Å². The van der Waals surface area contributed by atoms with E-state index in [-0.39, 0.29) is 11.9 Å². The van der Waals surface area contributed by atoms with Crippen LogP contribution in [0.15, 0.2) is 10.2 Å². The van der Waals surface area contributed by atoms with Crippen LogP contribution in [0.1, 0.15) is 6.42 Å². The summed E-state index contributed by atoms with van der Waals surface area (Å²) in [6, 6.07) is 0. The predicted molar refractivity (Wildman–Crippen MR) is 41.9 cm³/mol. The first kappa shape index (κ1) is 8.20. The minimum absolute atomic E-state index is 0.332. The van der Waals surface area contributed by atoms with E-state index in [1.807, 2.05) is 0 Å². The Kier molecular flexibility index (Phi) is 2.59. The normalized spacial score (nSPS) is 22.7. The van der Waals surface area contributed by atoms with Crippen LogP contribution in [0.5, 0.6) is 0 Å². The number of esters is 1. The molecule has 0 aromatic carbocycles. The minimum Gasteiger partial charge on any atom is -0.469 e. The molecule has 0 N–H and O–H groups in total. The summed E-state index contributed by atoms with van der Waals surface area (Å²) in [6.07, 6.45) is 1.81. The molecular formula is C6H7ClN2O2. The Bertz CT molecular complexity index is 225. The van der Waals surface area contributed by atoms with Crippen LogP contribution >= 0.6 is 11.6 Å². The minimum atomic E-state index is -0.370. The third-order valence-electron chi connectivity index (χ3n) is 1.31. The summed E-state index contributed by atoms with van der Waals surface area (Å²) >= 11 is 5.54. The highest BCUT2D eigenvalue weighted by molar-refractivity contribution is 6.65. The Morgan fingerprint density at radius 3 is 3.18 bits per heavy atom. The highest BCUT2D eigenvalue weighted by atomic mass is 35.5. The molecule has 1 aliphatic heterocycles. The van der Waals surface area contributed by atoms with Crippen LogP contribution < -0.4 is 0 Å². The van der Waals surface area contributed by atoms with Gasteiger partial charge < -0.3 is 4.74 Å². The predicted octanol–water partition coefficient (Wildman–Crippen LogP) is 0.802. The smallest absolute Gasteiger partial charge is 0.314 e. The van der Waals surface area contributed by atoms with E-state index < -0.39 is 0 Å². The lowest BCUT2D eigenvalue weighted by molar-refractivity contribution is -0.142. The van der Waals surface area contributed by atoms with Gasteiger partial charge in [0.05, 0.1) is 7.11 Å². The Balaban J connectivity index is 2.59. The number of ether oxygens (including phenoxy) is 1. The van der Waals surface area contributed by atoms with Crippen LogP contribution in [0.2, 0.25) is 0 Å². The number of methoxy groups -OCH3 is 1. The molecule has 4 nitrogen and oxygen atoms in total. The lowest BCUT2D eigenvalue weighted by Gasteiger charge is -2.09. The molecule has 1 rings (SSSR count). The monoisotopic (exact) mass is 174 g/mol. The second-order valence-corrected chi connectivity index (χ2v) is 2.51. The number of hydrogen-bond donors (Lipinski definition) is 0. The van der Waals surface area contributed by atoms with Gasteiger partial charge in [-0.15, -0.1) is 5.10 Å². The zero-order valence-electron chi connectivity index (χ0n) is 5.95. The van der Waals surface area contributed by atoms with Gasteiger partial charge in [0.1, 0.15) is 11.1 Å². The molecule has 0 aromatic rings. The van der Waals surface area contributed by atoms with Crippen molar-refractivity contribution in [1.82, 2.24) is 0 Å². The van der Waals surface area contributed by atoms with Crippen molar-refractivity contribution in [3.63, 3.8) is 0 Å². The number of rotatable bonds is 1. The number of carbonyl (C=O) groups is 1. The maximum atomic E-state index is 10.9. The summed E-state index contributed by atoms with van der Waals surface area (Å²) in [5.41, 5.74) is 0. The highest BCUT2D eigenvalue weighted by Crippen LogP contribution is 2.11. The molecule has 0 bridgehead atoms. The van der Waals surface area contributed by atoms with Gasteiger partial charge in [0.15, 0.2) is 0 Å². The largest absolute Gasteiger partial charge is 0.469 e. The third-order valence-corrected chi connectivity index (χ3v) is 1.54. The Labute approximate surface area is 68.9 Å². The van der Waals surface area contributed by atoms with E-state index in [2.05, 4.69) is 14.9 Å². The van der Waals surface area contributed by atoms with Gasteiger partial charge >= 0.3 is 5.97 Å². The van der Waals surface area contributed by atoms with Crippen LogP contribution in [-0.4, -0.2) is 24.5 Å². The molecule has 0 fully saturated rings. The Hall–Kier alpha value is -0.900. The van der Waals surface area contributed by atoms with Gasteiger partial charge in [-0.25, -0.2) is 0 Å². The van der Waals surface area contributed by atoms with Crippen molar-refractivity contribution in [2.24, 2.45) is 16.1 Å². The fourth-order valence-corrected chi connectivity index (χ4v) is 0.957. The first-order chi connectivity index (χ1) is 5.24. The summed E-state index contributed by atoms with van der Waals surface area (Å²) < 4.78 is 4.49. The average molecular weight is 175 g/mol. The molecule has 0 aromatic heterocycles. The van der Waals surface area contributed by atoms with Crippen molar-refractivity contribution in [2.75, 3.05) is 7.11 Å². The first-order valence-electron chi connectivity index (χ1n) is 3.07. The van der Waals surface area contributed by atoms with E-state index in [0.29, 0.717) is 11.6 Å². The average Bonchev–Trinajstić information content (AvgIpc) is 2.03. The molecule has 0 spiro atoms. The fourth-order valence-electron chi connectivity index (χ4n) is 0.747. The van der Waals surface area contributed by atoms with Gasteiger partial charge in [-0.05, 0) is 0 Å². The molecule has 1 aliphatic rings. The second-order valence-electron chi connectivity index (χ2n) is 2.07. The summed E-state index contributed by atoms with van der Waals surface area (Å²) in [5, 5.41) is 7.42. The molecule has 0 radical (unpaired) electrons. The maximum absolute atomic E-state index is 10.9. The molecule has 0 aliphatic carbocycles. The van der Waals surface area contributed by atoms with E-state index in [9.17, 15) is 4.79 Å². The molecule has 0 saturated heterocycles. The van der Waals surface area contributed by atoms with Gasteiger partial charge in [-0.1, -0.05) is 11.6 Å². The van der Waals surface area contributed by atoms with Crippen molar-refractivity contribution in [3.05, 3.63) is 0 Å². The standard InChI is InChI=1S/C6H7ClN2O2/c1-11-6(10)4-2-5(7)9-8-3-4/h3-4H,2H2,1H3.